The fourth-order valence-electron chi connectivity index (χ4n) is 8.23. The van der Waals surface area contributed by atoms with Crippen LogP contribution in [0.15, 0.2) is 195 Å². The summed E-state index contributed by atoms with van der Waals surface area (Å²) in [6.07, 6.45) is 4.85. The SMILES string of the molecule is Fc1cc(-n2c3[c-]c(Oc4[c-]c(-n5[c](=[Pt])n(-c6c(-c7ccccc7)cccc6-c6ccccc6)c6ccccc65)ccc4)ccc3c3ccccc32)ncc1-c1cccnc1. The van der Waals surface area contributed by atoms with E-state index in [0.717, 1.165) is 64.8 Å². The van der Waals surface area contributed by atoms with Crippen molar-refractivity contribution in [1.29, 1.82) is 0 Å². The van der Waals surface area contributed by atoms with E-state index in [1.165, 1.54) is 6.07 Å². The molecule has 0 amide bonds. The summed E-state index contributed by atoms with van der Waals surface area (Å²) < 4.78 is 29.8. The first-order chi connectivity index (χ1) is 30.1. The number of hydrogen-bond donors (Lipinski definition) is 0. The molecule has 4 heterocycles. The average molecular weight is 969 g/mol. The van der Waals surface area contributed by atoms with Crippen LogP contribution in [0, 0.1) is 21.8 Å². The van der Waals surface area contributed by atoms with Crippen LogP contribution in [0.3, 0.4) is 0 Å². The van der Waals surface area contributed by atoms with E-state index in [9.17, 15) is 0 Å². The molecular weight excluding hydrogens is 937 g/mol. The number of nitrogens with zero attached hydrogens (tertiary/aromatic N) is 5. The van der Waals surface area contributed by atoms with E-state index < -0.39 is 5.82 Å². The van der Waals surface area contributed by atoms with Gasteiger partial charge in [-0.2, -0.15) is 0 Å². The molecular formula is C53H32FN5OPt-2. The van der Waals surface area contributed by atoms with Crippen LogP contribution < -0.4 is 4.74 Å². The summed E-state index contributed by atoms with van der Waals surface area (Å²) in [6, 6.07) is 66.1. The van der Waals surface area contributed by atoms with E-state index in [4.69, 9.17) is 9.72 Å². The molecule has 294 valence electrons. The first-order valence-corrected chi connectivity index (χ1v) is 20.9. The van der Waals surface area contributed by atoms with E-state index in [1.54, 1.807) is 24.7 Å². The Balaban J connectivity index is 1.02. The third-order valence-electron chi connectivity index (χ3n) is 10.9. The third kappa shape index (κ3) is 6.42. The predicted molar refractivity (Wildman–Crippen MR) is 236 cm³/mol. The smallest absolute Gasteiger partial charge is 0.264 e. The van der Waals surface area contributed by atoms with Crippen molar-refractivity contribution in [3.8, 4) is 62.1 Å². The molecule has 7 aromatic carbocycles. The zero-order chi connectivity index (χ0) is 40.9. The molecule has 0 unspecified atom stereocenters. The molecule has 0 aliphatic carbocycles. The van der Waals surface area contributed by atoms with Crippen LogP contribution >= 0.6 is 0 Å². The van der Waals surface area contributed by atoms with Gasteiger partial charge in [-0.05, 0) is 6.07 Å². The average Bonchev–Trinajstić information content (AvgIpc) is 3.80. The van der Waals surface area contributed by atoms with Gasteiger partial charge in [0.1, 0.15) is 5.82 Å². The molecule has 0 spiro atoms. The summed E-state index contributed by atoms with van der Waals surface area (Å²) in [5.74, 6) is 1.06. The summed E-state index contributed by atoms with van der Waals surface area (Å²) in [6.45, 7) is 0. The summed E-state index contributed by atoms with van der Waals surface area (Å²) in [7, 11) is 0. The van der Waals surface area contributed by atoms with Crippen LogP contribution in [0.25, 0.3) is 83.4 Å². The molecule has 0 atom stereocenters. The van der Waals surface area contributed by atoms with Gasteiger partial charge in [-0.3, -0.25) is 4.98 Å². The van der Waals surface area contributed by atoms with Crippen LogP contribution in [-0.4, -0.2) is 23.7 Å². The Labute approximate surface area is 361 Å². The monoisotopic (exact) mass is 968 g/mol. The van der Waals surface area contributed by atoms with Gasteiger partial charge < -0.3 is 0 Å². The normalized spacial score (nSPS) is 11.5. The topological polar surface area (TPSA) is 49.8 Å². The molecule has 0 fully saturated rings. The van der Waals surface area contributed by atoms with Gasteiger partial charge in [0.2, 0.25) is 0 Å². The zero-order valence-electron chi connectivity index (χ0n) is 32.3. The second-order valence-electron chi connectivity index (χ2n) is 14.5. The van der Waals surface area contributed by atoms with E-state index in [2.05, 4.69) is 155 Å². The number of rotatable bonds is 8. The fraction of sp³-hybridized carbons (Fsp3) is 0. The van der Waals surface area contributed by atoms with Crippen LogP contribution in [0.4, 0.5) is 4.39 Å². The fourth-order valence-corrected chi connectivity index (χ4v) is 9.31. The Hall–Kier alpha value is -7.47. The van der Waals surface area contributed by atoms with Gasteiger partial charge in [0.05, 0.1) is 0 Å². The number of para-hydroxylation sites is 4. The number of imidazole rings is 1. The molecule has 0 aliphatic heterocycles. The number of fused-ring (bicyclic) bond motifs is 4. The van der Waals surface area contributed by atoms with E-state index in [0.29, 0.717) is 34.0 Å². The molecule has 11 aromatic rings. The molecule has 0 radical (unpaired) electrons. The Bertz CT molecular complexity index is 3430. The number of aromatic nitrogens is 5. The molecule has 0 saturated heterocycles. The zero-order valence-corrected chi connectivity index (χ0v) is 34.6. The number of hydrogen-bond acceptors (Lipinski definition) is 3. The summed E-state index contributed by atoms with van der Waals surface area (Å²) in [5.41, 5.74) is 11.1. The predicted octanol–water partition coefficient (Wildman–Crippen LogP) is 12.9. The Kier molecular flexibility index (Phi) is 9.17. The van der Waals surface area contributed by atoms with Crippen molar-refractivity contribution < 1.29 is 28.5 Å². The van der Waals surface area contributed by atoms with Crippen molar-refractivity contribution in [3.63, 3.8) is 0 Å². The Morgan fingerprint density at radius 1 is 0.508 bits per heavy atom. The number of pyridine rings is 2. The Morgan fingerprint density at radius 3 is 1.85 bits per heavy atom. The maximum atomic E-state index is 15.8. The maximum absolute atomic E-state index is 15.8. The Morgan fingerprint density at radius 2 is 1.15 bits per heavy atom. The molecule has 11 rings (SSSR count). The summed E-state index contributed by atoms with van der Waals surface area (Å²) in [5, 5.41) is 1.95. The van der Waals surface area contributed by atoms with E-state index >= 15 is 4.39 Å². The summed E-state index contributed by atoms with van der Waals surface area (Å²) in [4.78, 5) is 8.90. The molecule has 0 aliphatic rings. The van der Waals surface area contributed by atoms with Gasteiger partial charge in [-0.15, -0.1) is 0 Å². The minimum atomic E-state index is -0.392. The van der Waals surface area contributed by atoms with Gasteiger partial charge >= 0.3 is 294 Å². The van der Waals surface area contributed by atoms with Crippen molar-refractivity contribution >= 4 is 32.8 Å². The summed E-state index contributed by atoms with van der Waals surface area (Å²) >= 11 is 2.44. The first-order valence-electron chi connectivity index (χ1n) is 19.8. The second-order valence-corrected chi connectivity index (χ2v) is 15.6. The molecule has 61 heavy (non-hydrogen) atoms. The van der Waals surface area contributed by atoms with Crippen LogP contribution in [0.2, 0.25) is 0 Å². The van der Waals surface area contributed by atoms with Gasteiger partial charge in [0.25, 0.3) is 0 Å². The standard InChI is InChI=1S/C53H32FN5O.Pt/c54-47-32-52(56-34-46(47)38-18-13-29-55-33-38)59-48-24-8-7-21-44(48)45-28-27-41(31-51(45)59)60-40-20-11-19-39(30-40)57-35-58(50-26-10-9-25-49(50)57)53-42(36-14-3-1-4-15-36)22-12-23-43(53)37-16-5-2-6-17-37;/h1-29,32-34H;/q-2;. The van der Waals surface area contributed by atoms with Crippen molar-refractivity contribution in [1.82, 2.24) is 23.7 Å². The molecule has 0 bridgehead atoms. The van der Waals surface area contributed by atoms with Gasteiger partial charge in [-0.1, -0.05) is 18.2 Å². The third-order valence-corrected chi connectivity index (χ3v) is 12.0. The molecule has 8 heteroatoms. The van der Waals surface area contributed by atoms with E-state index in [-0.39, 0.29) is 0 Å². The van der Waals surface area contributed by atoms with Crippen molar-refractivity contribution in [2.75, 3.05) is 0 Å². The van der Waals surface area contributed by atoms with Crippen LogP contribution in [0.1, 0.15) is 0 Å². The van der Waals surface area contributed by atoms with Crippen LogP contribution in [-0.2, 0) is 19.4 Å². The first kappa shape index (κ1) is 36.6. The van der Waals surface area contributed by atoms with Gasteiger partial charge in [-0.25, -0.2) is 4.39 Å². The van der Waals surface area contributed by atoms with E-state index in [1.807, 2.05) is 59.2 Å². The minimum absolute atomic E-state index is 0.383. The molecule has 0 saturated carbocycles. The van der Waals surface area contributed by atoms with Gasteiger partial charge in [0, 0.05) is 29.7 Å². The number of benzene rings is 7. The minimum Gasteiger partial charge on any atom is -0.264 e. The number of halogens is 1. The van der Waals surface area contributed by atoms with Crippen molar-refractivity contribution in [2.45, 2.75) is 0 Å². The molecule has 0 N–H and O–H groups in total. The molecule has 4 aromatic heterocycles. The second kappa shape index (κ2) is 15.3. The molecule has 6 nitrogen and oxygen atoms in total. The quantitative estimate of drug-likeness (QED) is 0.143. The van der Waals surface area contributed by atoms with Crippen LogP contribution in [0.5, 0.6) is 11.5 Å². The van der Waals surface area contributed by atoms with Crippen molar-refractivity contribution in [3.05, 3.63) is 216 Å². The van der Waals surface area contributed by atoms with Gasteiger partial charge in [0.15, 0.2) is 0 Å². The van der Waals surface area contributed by atoms with Crippen molar-refractivity contribution in [2.24, 2.45) is 0 Å². The number of ether oxygens (including phenoxy) is 1.